The summed E-state index contributed by atoms with van der Waals surface area (Å²) in [6.45, 7) is 14.9. The zero-order chi connectivity index (χ0) is 76.2. The number of rotatable bonds is 76. The van der Waals surface area contributed by atoms with Crippen molar-refractivity contribution in [2.45, 2.75) is 419 Å². The first-order valence-electron chi connectivity index (χ1n) is 44.9. The number of unbranched alkanes of at least 4 members (excludes halogenated alkanes) is 48. The molecule has 4 aromatic carbocycles. The molecule has 0 aliphatic rings. The lowest BCUT2D eigenvalue weighted by Gasteiger charge is -2.27. The van der Waals surface area contributed by atoms with E-state index in [0.29, 0.717) is 26.1 Å². The first-order valence-corrected chi connectivity index (χ1v) is 50.4. The van der Waals surface area contributed by atoms with Gasteiger partial charge < -0.3 is 27.6 Å². The number of hydrogen-bond acceptors (Lipinski definition) is 10. The summed E-state index contributed by atoms with van der Waals surface area (Å²) in [5.74, 6) is 5.37. The highest BCUT2D eigenvalue weighted by atomic mass is 32.7. The third kappa shape index (κ3) is 52.5. The summed E-state index contributed by atoms with van der Waals surface area (Å²) in [7, 11) is -2.57. The Balaban J connectivity index is 1.25. The van der Waals surface area contributed by atoms with Gasteiger partial charge >= 0.3 is 27.1 Å². The molecule has 8 nitrogen and oxygen atoms in total. The van der Waals surface area contributed by atoms with Crippen molar-refractivity contribution in [3.63, 3.8) is 0 Å². The predicted octanol–water partition coefficient (Wildman–Crippen LogP) is 32.9. The second-order valence-corrected chi connectivity index (χ2v) is 37.9. The minimum Gasteiger partial charge on any atom is -0.466 e. The Labute approximate surface area is 669 Å². The highest BCUT2D eigenvalue weighted by molar-refractivity contribution is 8.53. The molecular weight excluding hydrogens is 1400 g/mol. The molecule has 0 aromatic heterocycles. The van der Waals surface area contributed by atoms with Crippen LogP contribution in [0.4, 0.5) is 0 Å². The van der Waals surface area contributed by atoms with Crippen molar-refractivity contribution in [2.24, 2.45) is 0 Å². The van der Waals surface area contributed by atoms with Gasteiger partial charge in [-0.25, -0.2) is 0 Å². The van der Waals surface area contributed by atoms with E-state index >= 15 is 0 Å². The number of carbonyl (C=O) groups excluding carboxylic acids is 2. The van der Waals surface area contributed by atoms with Crippen LogP contribution in [0, 0.1) is 0 Å². The molecule has 0 radical (unpaired) electrons. The fourth-order valence-corrected chi connectivity index (χ4v) is 19.8. The van der Waals surface area contributed by atoms with Gasteiger partial charge in [0.25, 0.3) is 0 Å². The van der Waals surface area contributed by atoms with Gasteiger partial charge in [-0.3, -0.25) is 9.59 Å². The Kier molecular flexibility index (Phi) is 61.2. The molecule has 0 N–H and O–H groups in total. The maximum Gasteiger partial charge on any atom is 0.360 e. The van der Waals surface area contributed by atoms with Crippen LogP contribution in [-0.2, 0) is 37.3 Å². The molecule has 0 aliphatic heterocycles. The molecule has 107 heavy (non-hydrogen) atoms. The lowest BCUT2D eigenvalue weighted by Crippen LogP contribution is -2.18. The van der Waals surface area contributed by atoms with Crippen LogP contribution < -0.4 is 18.1 Å². The van der Waals surface area contributed by atoms with Gasteiger partial charge in [-0.05, 0) is 158 Å². The molecule has 0 saturated carbocycles. The molecule has 2 atom stereocenters. The van der Waals surface area contributed by atoms with E-state index in [9.17, 15) is 9.59 Å². The van der Waals surface area contributed by atoms with E-state index in [1.54, 1.807) is 0 Å². The van der Waals surface area contributed by atoms with Crippen LogP contribution in [0.3, 0.4) is 0 Å². The third-order valence-electron chi connectivity index (χ3n) is 21.3. The molecule has 12 heteroatoms. The second-order valence-electron chi connectivity index (χ2n) is 31.6. The summed E-state index contributed by atoms with van der Waals surface area (Å²) in [5, 5.41) is 0. The summed E-state index contributed by atoms with van der Waals surface area (Å²) >= 11 is 3.64. The molecule has 2 unspecified atom stereocenters. The van der Waals surface area contributed by atoms with Crippen molar-refractivity contribution < 1.29 is 37.2 Å². The Morgan fingerprint density at radius 3 is 0.748 bits per heavy atom. The van der Waals surface area contributed by atoms with Gasteiger partial charge in [0.05, 0.1) is 13.2 Å². The molecule has 0 spiro atoms. The van der Waals surface area contributed by atoms with Crippen molar-refractivity contribution >= 4 is 49.9 Å². The minimum absolute atomic E-state index is 0.0112. The van der Waals surface area contributed by atoms with E-state index in [0.717, 1.165) is 98.7 Å². The maximum absolute atomic E-state index is 12.3. The average Bonchev–Trinajstić information content (AvgIpc) is 0.804. The zero-order valence-electron chi connectivity index (χ0n) is 69.6. The van der Waals surface area contributed by atoms with Crippen molar-refractivity contribution in [2.75, 3.05) is 24.7 Å². The molecule has 0 aliphatic carbocycles. The predicted molar refractivity (Wildman–Crippen MR) is 470 cm³/mol. The SMILES string of the molecule is CCCCCCCCCCCOC(=O)CCCCCCCCCCCSP(Oc1ccc(CCCCCCCCCCC)cc1)Oc1ccc(C(C)(C)c2ccc(OP(Oc3ccc(CCCCCCCCCCC)cc3)SCCCCCCCCCCCC(=O)OCCCCCCCCCCC)cc2)cc1. The number of benzene rings is 4. The molecule has 0 heterocycles. The summed E-state index contributed by atoms with van der Waals surface area (Å²) in [6, 6.07) is 35.0. The molecule has 0 bridgehead atoms. The van der Waals surface area contributed by atoms with Gasteiger partial charge in [0.15, 0.2) is 0 Å². The maximum atomic E-state index is 12.3. The van der Waals surface area contributed by atoms with Crippen molar-refractivity contribution in [1.82, 2.24) is 0 Å². The fraction of sp³-hybridized carbons (Fsp3) is 0.726. The smallest absolute Gasteiger partial charge is 0.360 e. The molecule has 4 aromatic rings. The Morgan fingerprint density at radius 1 is 0.271 bits per heavy atom. The van der Waals surface area contributed by atoms with Gasteiger partial charge in [0.1, 0.15) is 23.0 Å². The van der Waals surface area contributed by atoms with Crippen LogP contribution in [0.5, 0.6) is 23.0 Å². The molecule has 0 fully saturated rings. The molecule has 0 amide bonds. The van der Waals surface area contributed by atoms with Crippen LogP contribution >= 0.6 is 37.9 Å². The first-order chi connectivity index (χ1) is 52.6. The fourth-order valence-electron chi connectivity index (χ4n) is 14.1. The molecular formula is C95H158O8P2S2. The summed E-state index contributed by atoms with van der Waals surface area (Å²) < 4.78 is 38.1. The Bertz CT molecular complexity index is 2460. The van der Waals surface area contributed by atoms with Gasteiger partial charge in [-0.2, -0.15) is 0 Å². The Hall–Kier alpha value is -3.42. The normalized spacial score (nSPS) is 12.2. The van der Waals surface area contributed by atoms with Crippen LogP contribution in [0.1, 0.15) is 423 Å². The number of carbonyl (C=O) groups is 2. The average molecular weight is 1550 g/mol. The monoisotopic (exact) mass is 1550 g/mol. The van der Waals surface area contributed by atoms with E-state index in [2.05, 4.69) is 139 Å². The van der Waals surface area contributed by atoms with Crippen LogP contribution in [0.15, 0.2) is 97.1 Å². The van der Waals surface area contributed by atoms with Gasteiger partial charge in [-0.15, -0.1) is 0 Å². The summed E-state index contributed by atoms with van der Waals surface area (Å²) in [4.78, 5) is 24.6. The van der Waals surface area contributed by atoms with Crippen LogP contribution in [0.25, 0.3) is 0 Å². The number of esters is 2. The Morgan fingerprint density at radius 2 is 0.486 bits per heavy atom. The van der Waals surface area contributed by atoms with Gasteiger partial charge in [0, 0.05) is 29.8 Å². The standard InChI is InChI=1S/C95H158O8P2S2/c1-7-11-15-19-23-29-37-45-53-61-85-65-73-89(74-66-85)100-104(106-83-59-51-43-35-27-31-39-47-55-63-93(96)98-81-57-49-41-33-25-21-17-13-9-3)102-91-77-69-87(70-78-91)95(5,6)88-71-79-92(80-72-88)103-105(101-90-75-67-86(68-76-90)62-54-46-38-30-24-20-16-12-8-2)107-84-60-52-44-36-28-32-40-48-56-64-94(97)99-82-58-50-42-34-26-22-18-14-10-4/h65-80H,7-64,81-84H2,1-6H3. The van der Waals surface area contributed by atoms with Crippen LogP contribution in [0.2, 0.25) is 0 Å². The van der Waals surface area contributed by atoms with Crippen LogP contribution in [-0.4, -0.2) is 36.7 Å². The van der Waals surface area contributed by atoms with E-state index < -0.39 is 15.2 Å². The third-order valence-corrected chi connectivity index (χ3v) is 27.4. The lowest BCUT2D eigenvalue weighted by molar-refractivity contribution is -0.144. The van der Waals surface area contributed by atoms with E-state index in [4.69, 9.17) is 27.6 Å². The molecule has 608 valence electrons. The summed E-state index contributed by atoms with van der Waals surface area (Å²) in [5.41, 5.74) is 4.93. The topological polar surface area (TPSA) is 89.5 Å². The number of aryl methyl sites for hydroxylation is 2. The van der Waals surface area contributed by atoms with Gasteiger partial charge in [-0.1, -0.05) is 385 Å². The number of ether oxygens (including phenoxy) is 2. The van der Waals surface area contributed by atoms with Crippen molar-refractivity contribution in [3.8, 4) is 23.0 Å². The lowest BCUT2D eigenvalue weighted by atomic mass is 9.78. The van der Waals surface area contributed by atoms with E-state index in [1.807, 2.05) is 22.8 Å². The molecule has 4 rings (SSSR count). The van der Waals surface area contributed by atoms with Gasteiger partial charge in [0.2, 0.25) is 0 Å². The van der Waals surface area contributed by atoms with E-state index in [-0.39, 0.29) is 17.4 Å². The largest absolute Gasteiger partial charge is 0.466 e. The highest BCUT2D eigenvalue weighted by Crippen LogP contribution is 2.54. The summed E-state index contributed by atoms with van der Waals surface area (Å²) in [6.07, 6.45) is 71.7. The van der Waals surface area contributed by atoms with Crippen molar-refractivity contribution in [1.29, 1.82) is 0 Å². The number of hydrogen-bond donors (Lipinski definition) is 0. The zero-order valence-corrected chi connectivity index (χ0v) is 73.0. The first kappa shape index (κ1) is 96.0. The quantitative estimate of drug-likeness (QED) is 0.0242. The highest BCUT2D eigenvalue weighted by Gasteiger charge is 2.25. The van der Waals surface area contributed by atoms with E-state index in [1.165, 1.54) is 318 Å². The molecule has 0 saturated heterocycles. The van der Waals surface area contributed by atoms with Crippen molar-refractivity contribution in [3.05, 3.63) is 119 Å². The minimum atomic E-state index is -1.28. The second kappa shape index (κ2) is 68.2.